The van der Waals surface area contributed by atoms with Crippen molar-refractivity contribution in [3.8, 4) is 0 Å². The Morgan fingerprint density at radius 2 is 1.78 bits per heavy atom. The summed E-state index contributed by atoms with van der Waals surface area (Å²) in [5.41, 5.74) is 0.663. The third kappa shape index (κ3) is 9.59. The van der Waals surface area contributed by atoms with Gasteiger partial charge < -0.3 is 21.3 Å². The molecule has 27 heavy (non-hydrogen) atoms. The van der Waals surface area contributed by atoms with Crippen LogP contribution >= 0.6 is 0 Å². The van der Waals surface area contributed by atoms with Crippen LogP contribution in [0.15, 0.2) is 42.2 Å². The van der Waals surface area contributed by atoms with Gasteiger partial charge in [0.2, 0.25) is 0 Å². The molecule has 2 atom stereocenters. The van der Waals surface area contributed by atoms with E-state index < -0.39 is 0 Å². The highest BCUT2D eigenvalue weighted by Gasteiger charge is 2.12. The first-order valence-electron chi connectivity index (χ1n) is 10.3. The molecule has 0 heterocycles. The Hall–Kier alpha value is -1.85. The molecule has 152 valence electrons. The third-order valence-corrected chi connectivity index (χ3v) is 4.69. The predicted octanol–water partition coefficient (Wildman–Crippen LogP) is 3.26. The van der Waals surface area contributed by atoms with Crippen molar-refractivity contribution in [3.63, 3.8) is 0 Å². The van der Waals surface area contributed by atoms with Gasteiger partial charge in [-0.3, -0.25) is 4.79 Å². The first kappa shape index (κ1) is 23.2. The van der Waals surface area contributed by atoms with Crippen LogP contribution in [0.4, 0.5) is 0 Å². The lowest BCUT2D eigenvalue weighted by Gasteiger charge is -2.21. The molecule has 2 unspecified atom stereocenters. The van der Waals surface area contributed by atoms with Crippen molar-refractivity contribution in [2.24, 2.45) is 5.92 Å². The van der Waals surface area contributed by atoms with Gasteiger partial charge in [-0.1, -0.05) is 51.3 Å². The molecule has 0 aliphatic heterocycles. The molecule has 0 saturated carbocycles. The molecule has 5 nitrogen and oxygen atoms in total. The average Bonchev–Trinajstić information content (AvgIpc) is 2.69. The van der Waals surface area contributed by atoms with E-state index in [2.05, 4.69) is 41.2 Å². The molecule has 0 bridgehead atoms. The Labute approximate surface area is 165 Å². The fourth-order valence-corrected chi connectivity index (χ4v) is 3.10. The van der Waals surface area contributed by atoms with E-state index in [0.717, 1.165) is 18.9 Å². The molecule has 0 aromatic heterocycles. The van der Waals surface area contributed by atoms with Gasteiger partial charge in [-0.25, -0.2) is 0 Å². The minimum absolute atomic E-state index is 0.0886. The number of carbonyl (C=O) groups excluding carboxylic acids is 1. The van der Waals surface area contributed by atoms with E-state index in [1.165, 1.54) is 32.1 Å². The van der Waals surface area contributed by atoms with Crippen molar-refractivity contribution in [2.75, 3.05) is 27.2 Å². The third-order valence-electron chi connectivity index (χ3n) is 4.69. The Morgan fingerprint density at radius 3 is 2.37 bits per heavy atom. The summed E-state index contributed by atoms with van der Waals surface area (Å²) in [5, 5.41) is 13.0. The Balaban J connectivity index is 2.83. The zero-order valence-electron chi connectivity index (χ0n) is 17.5. The lowest BCUT2D eigenvalue weighted by molar-refractivity contribution is 0.0962. The van der Waals surface area contributed by atoms with Gasteiger partial charge in [0, 0.05) is 24.7 Å². The zero-order valence-corrected chi connectivity index (χ0v) is 17.5. The molecule has 0 fully saturated rings. The first-order chi connectivity index (χ1) is 13.1. The van der Waals surface area contributed by atoms with Gasteiger partial charge in [0.1, 0.15) is 5.82 Å². The molecule has 0 aliphatic carbocycles. The van der Waals surface area contributed by atoms with E-state index in [1.54, 1.807) is 0 Å². The summed E-state index contributed by atoms with van der Waals surface area (Å²) >= 11 is 0. The molecule has 4 N–H and O–H groups in total. The van der Waals surface area contributed by atoms with Gasteiger partial charge in [0.15, 0.2) is 0 Å². The molecule has 0 radical (unpaired) electrons. The minimum Gasteiger partial charge on any atom is -0.371 e. The Morgan fingerprint density at radius 1 is 1.04 bits per heavy atom. The van der Waals surface area contributed by atoms with Crippen LogP contribution in [0.1, 0.15) is 56.3 Å². The van der Waals surface area contributed by atoms with Crippen LogP contribution in [0.3, 0.4) is 0 Å². The van der Waals surface area contributed by atoms with Crippen molar-refractivity contribution >= 4 is 5.91 Å². The summed E-state index contributed by atoms with van der Waals surface area (Å²) < 4.78 is 0. The van der Waals surface area contributed by atoms with E-state index in [-0.39, 0.29) is 11.9 Å². The second-order valence-corrected chi connectivity index (χ2v) is 7.03. The Bertz CT molecular complexity index is 545. The first-order valence-corrected chi connectivity index (χ1v) is 10.3. The maximum absolute atomic E-state index is 12.6. The summed E-state index contributed by atoms with van der Waals surface area (Å²) in [6, 6.07) is 9.47. The smallest absolute Gasteiger partial charge is 0.256 e. The molecule has 1 aromatic carbocycles. The SMILES string of the molecule is CCCCC(CCC)CN/C(=C\C(CNC)NC)NC(=O)c1ccccc1. The number of rotatable bonds is 14. The largest absolute Gasteiger partial charge is 0.371 e. The minimum atomic E-state index is -0.0886. The van der Waals surface area contributed by atoms with E-state index in [4.69, 9.17) is 0 Å². The highest BCUT2D eigenvalue weighted by molar-refractivity contribution is 5.95. The molecule has 0 aliphatic rings. The van der Waals surface area contributed by atoms with E-state index in [9.17, 15) is 4.79 Å². The molecule has 1 amide bonds. The van der Waals surface area contributed by atoms with Crippen molar-refractivity contribution in [2.45, 2.75) is 52.0 Å². The molecule has 1 aromatic rings. The fourth-order valence-electron chi connectivity index (χ4n) is 3.10. The summed E-state index contributed by atoms with van der Waals surface area (Å²) in [7, 11) is 3.85. The van der Waals surface area contributed by atoms with Crippen LogP contribution in [-0.4, -0.2) is 39.1 Å². The van der Waals surface area contributed by atoms with E-state index in [0.29, 0.717) is 11.5 Å². The van der Waals surface area contributed by atoms with Gasteiger partial charge >= 0.3 is 0 Å². The predicted molar refractivity (Wildman–Crippen MR) is 115 cm³/mol. The van der Waals surface area contributed by atoms with Crippen LogP contribution in [0.25, 0.3) is 0 Å². The number of likely N-dealkylation sites (N-methyl/N-ethyl adjacent to an activating group) is 2. The molecule has 0 spiro atoms. The van der Waals surface area contributed by atoms with Gasteiger partial charge in [-0.15, -0.1) is 0 Å². The summed E-state index contributed by atoms with van der Waals surface area (Å²) in [6.07, 6.45) is 8.14. The number of benzene rings is 1. The highest BCUT2D eigenvalue weighted by Crippen LogP contribution is 2.14. The van der Waals surface area contributed by atoms with Gasteiger partial charge in [0.25, 0.3) is 5.91 Å². The van der Waals surface area contributed by atoms with Crippen LogP contribution in [-0.2, 0) is 0 Å². The van der Waals surface area contributed by atoms with E-state index >= 15 is 0 Å². The van der Waals surface area contributed by atoms with Crippen LogP contribution < -0.4 is 21.3 Å². The Kier molecular flexibility index (Phi) is 12.2. The number of nitrogens with one attached hydrogen (secondary N) is 4. The van der Waals surface area contributed by atoms with Crippen molar-refractivity contribution in [1.29, 1.82) is 0 Å². The monoisotopic (exact) mass is 374 g/mol. The van der Waals surface area contributed by atoms with Crippen molar-refractivity contribution in [3.05, 3.63) is 47.8 Å². The van der Waals surface area contributed by atoms with Crippen molar-refractivity contribution < 1.29 is 4.79 Å². The van der Waals surface area contributed by atoms with E-state index in [1.807, 2.05) is 44.4 Å². The second-order valence-electron chi connectivity index (χ2n) is 7.03. The number of hydrogen-bond donors (Lipinski definition) is 4. The second kappa shape index (κ2) is 14.2. The lowest BCUT2D eigenvalue weighted by Crippen LogP contribution is -2.39. The summed E-state index contributed by atoms with van der Waals surface area (Å²) in [6.45, 7) is 6.13. The topological polar surface area (TPSA) is 65.2 Å². The average molecular weight is 375 g/mol. The molecular weight excluding hydrogens is 336 g/mol. The van der Waals surface area contributed by atoms with Crippen LogP contribution in [0, 0.1) is 5.92 Å². The molecule has 5 heteroatoms. The number of hydrogen-bond acceptors (Lipinski definition) is 4. The van der Waals surface area contributed by atoms with Gasteiger partial charge in [0.05, 0.1) is 0 Å². The lowest BCUT2D eigenvalue weighted by atomic mass is 9.97. The quantitative estimate of drug-likeness (QED) is 0.404. The molecular formula is C22H38N4O. The summed E-state index contributed by atoms with van der Waals surface area (Å²) in [4.78, 5) is 12.6. The highest BCUT2D eigenvalue weighted by atomic mass is 16.1. The van der Waals surface area contributed by atoms with Gasteiger partial charge in [-0.05, 0) is 51.1 Å². The number of carbonyl (C=O) groups is 1. The standard InChI is InChI=1S/C22H38N4O/c1-5-7-12-18(11-6-2)16-25-21(15-20(24-4)17-23-3)26-22(27)19-13-9-8-10-14-19/h8-10,13-15,18,20,23-25H,5-7,11-12,16-17H2,1-4H3,(H,26,27)/b21-15+. The maximum atomic E-state index is 12.6. The van der Waals surface area contributed by atoms with Crippen LogP contribution in [0.5, 0.6) is 0 Å². The van der Waals surface area contributed by atoms with Crippen LogP contribution in [0.2, 0.25) is 0 Å². The normalized spacial score (nSPS) is 13.9. The number of unbranched alkanes of at least 4 members (excludes halogenated alkanes) is 1. The van der Waals surface area contributed by atoms with Gasteiger partial charge in [-0.2, -0.15) is 0 Å². The zero-order chi connectivity index (χ0) is 19.9. The van der Waals surface area contributed by atoms with Crippen molar-refractivity contribution in [1.82, 2.24) is 21.3 Å². The molecule has 1 rings (SSSR count). The molecule has 0 saturated heterocycles. The maximum Gasteiger partial charge on any atom is 0.256 e. The number of amides is 1. The fraction of sp³-hybridized carbons (Fsp3) is 0.591. The summed E-state index contributed by atoms with van der Waals surface area (Å²) in [5.74, 6) is 1.31.